The standard InChI is InChI=1S/C30H32ClN5O4/c1-20-7-9-22(10-8-20)16-32-30(40)36-27-18-34(17-23-5-3-4-6-25(23)31)29(39)26(35(27)28(38)19-33(36)2)15-21-11-13-24(37)14-12-21/h3-14,26-27,37H,15-19H2,1-2H3,(H,32,40)/t26-,27-/m0/s1. The van der Waals surface area contributed by atoms with Gasteiger partial charge in [-0.1, -0.05) is 71.8 Å². The zero-order valence-corrected chi connectivity index (χ0v) is 23.2. The number of fused-ring (bicyclic) bond motifs is 1. The molecule has 4 amide bonds. The Balaban J connectivity index is 1.45. The van der Waals surface area contributed by atoms with E-state index in [9.17, 15) is 19.5 Å². The quantitative estimate of drug-likeness (QED) is 0.480. The number of phenols is 1. The highest BCUT2D eigenvalue weighted by molar-refractivity contribution is 6.31. The number of nitrogens with zero attached hydrogens (tertiary/aromatic N) is 4. The first-order chi connectivity index (χ1) is 19.2. The van der Waals surface area contributed by atoms with Gasteiger partial charge in [0.25, 0.3) is 0 Å². The fourth-order valence-corrected chi connectivity index (χ4v) is 5.49. The molecule has 10 heteroatoms. The van der Waals surface area contributed by atoms with Crippen molar-refractivity contribution in [3.63, 3.8) is 0 Å². The minimum absolute atomic E-state index is 0.0433. The van der Waals surface area contributed by atoms with Crippen LogP contribution < -0.4 is 5.32 Å². The number of aryl methyl sites for hydroxylation is 1. The Morgan fingerprint density at radius 3 is 2.38 bits per heavy atom. The van der Waals surface area contributed by atoms with E-state index >= 15 is 0 Å². The smallest absolute Gasteiger partial charge is 0.334 e. The van der Waals surface area contributed by atoms with Crippen molar-refractivity contribution in [3.05, 3.63) is 100 Å². The lowest BCUT2D eigenvalue weighted by molar-refractivity contribution is -0.187. The third-order valence-electron chi connectivity index (χ3n) is 7.40. The van der Waals surface area contributed by atoms with Gasteiger partial charge in [-0.3, -0.25) is 9.59 Å². The van der Waals surface area contributed by atoms with Gasteiger partial charge in [0.15, 0.2) is 0 Å². The molecule has 0 saturated carbocycles. The van der Waals surface area contributed by atoms with Crippen LogP contribution in [0.5, 0.6) is 5.75 Å². The van der Waals surface area contributed by atoms with Crippen molar-refractivity contribution < 1.29 is 19.5 Å². The lowest BCUT2D eigenvalue weighted by Gasteiger charge is -2.54. The SMILES string of the molecule is Cc1ccc(CNC(=O)N2[C@H]3CN(Cc4ccccc4Cl)C(=O)[C@H](Cc4ccc(O)cc4)N3C(=O)CN2C)cc1. The molecule has 2 saturated heterocycles. The van der Waals surface area contributed by atoms with Gasteiger partial charge in [-0.25, -0.2) is 14.8 Å². The number of aromatic hydroxyl groups is 1. The number of carbonyl (C=O) groups excluding carboxylic acids is 3. The van der Waals surface area contributed by atoms with Crippen LogP contribution in [0.25, 0.3) is 0 Å². The highest BCUT2D eigenvalue weighted by Crippen LogP contribution is 2.30. The van der Waals surface area contributed by atoms with Crippen LogP contribution >= 0.6 is 11.6 Å². The summed E-state index contributed by atoms with van der Waals surface area (Å²) in [6.45, 7) is 2.65. The maximum absolute atomic E-state index is 13.9. The number of halogens is 1. The summed E-state index contributed by atoms with van der Waals surface area (Å²) in [6.07, 6.45) is -0.477. The molecular formula is C30H32ClN5O4. The van der Waals surface area contributed by atoms with E-state index in [-0.39, 0.29) is 49.7 Å². The van der Waals surface area contributed by atoms with Crippen LogP contribution in [0.3, 0.4) is 0 Å². The monoisotopic (exact) mass is 561 g/mol. The summed E-state index contributed by atoms with van der Waals surface area (Å²) in [5, 5.41) is 16.4. The molecule has 3 aromatic carbocycles. The van der Waals surface area contributed by atoms with Gasteiger partial charge < -0.3 is 20.2 Å². The second-order valence-corrected chi connectivity index (χ2v) is 10.7. The van der Waals surface area contributed by atoms with Crippen molar-refractivity contribution in [1.29, 1.82) is 0 Å². The van der Waals surface area contributed by atoms with E-state index < -0.39 is 12.2 Å². The third-order valence-corrected chi connectivity index (χ3v) is 7.77. The molecule has 2 heterocycles. The maximum atomic E-state index is 13.9. The Hall–Kier alpha value is -4.08. The molecular weight excluding hydrogens is 530 g/mol. The van der Waals surface area contributed by atoms with Gasteiger partial charge in [0, 0.05) is 31.6 Å². The Labute approximate surface area is 238 Å². The van der Waals surface area contributed by atoms with Crippen LogP contribution in [-0.2, 0) is 29.1 Å². The molecule has 9 nitrogen and oxygen atoms in total. The van der Waals surface area contributed by atoms with Gasteiger partial charge in [-0.05, 0) is 41.8 Å². The normalized spacial score (nSPS) is 19.5. The highest BCUT2D eigenvalue weighted by atomic mass is 35.5. The first kappa shape index (κ1) is 27.5. The second-order valence-electron chi connectivity index (χ2n) is 10.3. The number of amides is 4. The zero-order chi connectivity index (χ0) is 28.4. The molecule has 2 aliphatic heterocycles. The van der Waals surface area contributed by atoms with Crippen molar-refractivity contribution in [2.75, 3.05) is 20.1 Å². The fourth-order valence-electron chi connectivity index (χ4n) is 5.30. The van der Waals surface area contributed by atoms with E-state index in [2.05, 4.69) is 5.32 Å². The molecule has 208 valence electrons. The summed E-state index contributed by atoms with van der Waals surface area (Å²) in [5.41, 5.74) is 3.65. The number of hydrogen-bond donors (Lipinski definition) is 2. The fraction of sp³-hybridized carbons (Fsp3) is 0.300. The van der Waals surface area contributed by atoms with E-state index in [1.165, 1.54) is 5.01 Å². The lowest BCUT2D eigenvalue weighted by Crippen LogP contribution is -2.76. The first-order valence-electron chi connectivity index (χ1n) is 13.2. The molecule has 2 N–H and O–H groups in total. The minimum Gasteiger partial charge on any atom is -0.508 e. The van der Waals surface area contributed by atoms with Crippen LogP contribution in [0, 0.1) is 6.92 Å². The van der Waals surface area contributed by atoms with Crippen LogP contribution in [0.4, 0.5) is 4.79 Å². The predicted octanol–water partition coefficient (Wildman–Crippen LogP) is 3.53. The molecule has 3 aromatic rings. The van der Waals surface area contributed by atoms with Crippen molar-refractivity contribution in [2.24, 2.45) is 0 Å². The molecule has 0 aromatic heterocycles. The molecule has 0 spiro atoms. The van der Waals surface area contributed by atoms with E-state index in [0.29, 0.717) is 11.6 Å². The molecule has 0 unspecified atom stereocenters. The number of carbonyl (C=O) groups is 3. The maximum Gasteiger partial charge on any atom is 0.334 e. The molecule has 5 rings (SSSR count). The Bertz CT molecular complexity index is 1400. The summed E-state index contributed by atoms with van der Waals surface area (Å²) in [5.74, 6) is -0.337. The molecule has 2 aliphatic rings. The number of piperazine rings is 1. The highest BCUT2D eigenvalue weighted by Gasteiger charge is 2.50. The van der Waals surface area contributed by atoms with Crippen molar-refractivity contribution in [3.8, 4) is 5.75 Å². The largest absolute Gasteiger partial charge is 0.508 e. The van der Waals surface area contributed by atoms with Gasteiger partial charge in [0.2, 0.25) is 11.8 Å². The van der Waals surface area contributed by atoms with Crippen molar-refractivity contribution in [1.82, 2.24) is 25.1 Å². The summed E-state index contributed by atoms with van der Waals surface area (Å²) >= 11 is 6.44. The molecule has 2 fully saturated rings. The van der Waals surface area contributed by atoms with Gasteiger partial charge >= 0.3 is 6.03 Å². The number of urea groups is 1. The first-order valence-corrected chi connectivity index (χ1v) is 13.5. The molecule has 0 radical (unpaired) electrons. The van der Waals surface area contributed by atoms with Crippen LogP contribution in [0.1, 0.15) is 22.3 Å². The lowest BCUT2D eigenvalue weighted by atomic mass is 9.98. The molecule has 0 aliphatic carbocycles. The number of rotatable bonds is 6. The van der Waals surface area contributed by atoms with Gasteiger partial charge in [-0.15, -0.1) is 0 Å². The molecule has 0 bridgehead atoms. The average Bonchev–Trinajstić information content (AvgIpc) is 2.93. The Morgan fingerprint density at radius 2 is 1.68 bits per heavy atom. The average molecular weight is 562 g/mol. The van der Waals surface area contributed by atoms with E-state index in [4.69, 9.17) is 11.6 Å². The van der Waals surface area contributed by atoms with Gasteiger partial charge in [0.05, 0.1) is 13.1 Å². The van der Waals surface area contributed by atoms with Crippen LogP contribution in [-0.4, -0.2) is 75.1 Å². The number of phenolic OH excluding ortho intramolecular Hbond substituents is 1. The predicted molar refractivity (Wildman–Crippen MR) is 151 cm³/mol. The minimum atomic E-state index is -0.834. The van der Waals surface area contributed by atoms with Crippen molar-refractivity contribution >= 4 is 29.4 Å². The Kier molecular flexibility index (Phi) is 7.95. The molecule has 2 atom stereocenters. The topological polar surface area (TPSA) is 96.4 Å². The zero-order valence-electron chi connectivity index (χ0n) is 22.5. The number of benzene rings is 3. The van der Waals surface area contributed by atoms with Crippen molar-refractivity contribution in [2.45, 2.75) is 38.6 Å². The number of hydrazine groups is 1. The van der Waals surface area contributed by atoms with E-state index in [1.54, 1.807) is 52.2 Å². The van der Waals surface area contributed by atoms with E-state index in [0.717, 1.165) is 22.3 Å². The second kappa shape index (κ2) is 11.6. The third kappa shape index (κ3) is 5.76. The summed E-state index contributed by atoms with van der Waals surface area (Å²) in [6, 6.07) is 20.6. The summed E-state index contributed by atoms with van der Waals surface area (Å²) in [7, 11) is 1.70. The summed E-state index contributed by atoms with van der Waals surface area (Å²) < 4.78 is 0. The van der Waals surface area contributed by atoms with E-state index in [1.807, 2.05) is 49.4 Å². The van der Waals surface area contributed by atoms with Crippen LogP contribution in [0.15, 0.2) is 72.8 Å². The van der Waals surface area contributed by atoms with Gasteiger partial charge in [-0.2, -0.15) is 0 Å². The number of nitrogens with one attached hydrogen (secondary N) is 1. The summed E-state index contributed by atoms with van der Waals surface area (Å²) in [4.78, 5) is 44.2. The molecule has 40 heavy (non-hydrogen) atoms. The number of likely N-dealkylation sites (N-methyl/N-ethyl adjacent to an activating group) is 1. The van der Waals surface area contributed by atoms with Crippen LogP contribution in [0.2, 0.25) is 5.02 Å². The Morgan fingerprint density at radius 1 is 1.00 bits per heavy atom. The number of hydrogen-bond acceptors (Lipinski definition) is 5. The van der Waals surface area contributed by atoms with Gasteiger partial charge in [0.1, 0.15) is 18.0 Å².